The predicted molar refractivity (Wildman–Crippen MR) is 85.3 cm³/mol. The Balaban J connectivity index is 2.23. The summed E-state index contributed by atoms with van der Waals surface area (Å²) in [6, 6.07) is 14.9. The molecule has 116 valence electrons. The van der Waals surface area contributed by atoms with Gasteiger partial charge in [0.25, 0.3) is 0 Å². The van der Waals surface area contributed by atoms with Crippen LogP contribution in [0.4, 0.5) is 0 Å². The van der Waals surface area contributed by atoms with Gasteiger partial charge in [-0.1, -0.05) is 23.4 Å². The third kappa shape index (κ3) is 2.78. The van der Waals surface area contributed by atoms with E-state index in [2.05, 4.69) is 10.3 Å². The lowest BCUT2D eigenvalue weighted by molar-refractivity contribution is 0.111. The number of methoxy groups -OCH3 is 2. The van der Waals surface area contributed by atoms with Crippen LogP contribution in [0.15, 0.2) is 48.5 Å². The number of aromatic nitrogens is 3. The van der Waals surface area contributed by atoms with Crippen molar-refractivity contribution in [1.29, 1.82) is 0 Å². The van der Waals surface area contributed by atoms with Gasteiger partial charge in [0.1, 0.15) is 17.2 Å². The third-order valence-corrected chi connectivity index (χ3v) is 3.43. The van der Waals surface area contributed by atoms with Gasteiger partial charge in [0, 0.05) is 11.6 Å². The molecule has 0 bridgehead atoms. The Hall–Kier alpha value is -3.15. The Kier molecular flexibility index (Phi) is 4.05. The number of benzene rings is 2. The van der Waals surface area contributed by atoms with E-state index in [1.54, 1.807) is 25.0 Å². The maximum Gasteiger partial charge on any atom is 0.172 e. The van der Waals surface area contributed by atoms with Crippen molar-refractivity contribution in [1.82, 2.24) is 15.0 Å². The molecule has 0 amide bonds. The minimum Gasteiger partial charge on any atom is -0.497 e. The summed E-state index contributed by atoms with van der Waals surface area (Å²) in [5.74, 6) is 1.24. The van der Waals surface area contributed by atoms with Crippen molar-refractivity contribution in [3.05, 3.63) is 54.2 Å². The molecule has 0 aliphatic heterocycles. The van der Waals surface area contributed by atoms with Crippen molar-refractivity contribution in [2.24, 2.45) is 0 Å². The molecule has 3 aromatic rings. The van der Waals surface area contributed by atoms with Crippen LogP contribution in [0.5, 0.6) is 11.5 Å². The minimum absolute atomic E-state index is 0.254. The summed E-state index contributed by atoms with van der Waals surface area (Å²) >= 11 is 0. The van der Waals surface area contributed by atoms with Gasteiger partial charge in [-0.15, -0.1) is 5.10 Å². The van der Waals surface area contributed by atoms with E-state index in [9.17, 15) is 4.79 Å². The summed E-state index contributed by atoms with van der Waals surface area (Å²) in [5, 5.41) is 8.06. The van der Waals surface area contributed by atoms with E-state index < -0.39 is 0 Å². The van der Waals surface area contributed by atoms with E-state index in [4.69, 9.17) is 9.47 Å². The first-order chi connectivity index (χ1) is 11.3. The van der Waals surface area contributed by atoms with Crippen molar-refractivity contribution < 1.29 is 14.3 Å². The Bertz CT molecular complexity index is 806. The van der Waals surface area contributed by atoms with Gasteiger partial charge in [0.15, 0.2) is 12.0 Å². The van der Waals surface area contributed by atoms with Crippen LogP contribution in [-0.4, -0.2) is 35.5 Å². The van der Waals surface area contributed by atoms with Crippen LogP contribution >= 0.6 is 0 Å². The first kappa shape index (κ1) is 14.8. The molecule has 0 atom stereocenters. The number of para-hydroxylation sites is 1. The molecule has 23 heavy (non-hydrogen) atoms. The highest BCUT2D eigenvalue weighted by Gasteiger charge is 2.17. The lowest BCUT2D eigenvalue weighted by Gasteiger charge is -2.10. The van der Waals surface area contributed by atoms with Gasteiger partial charge in [0.2, 0.25) is 0 Å². The fraction of sp³-hybridized carbons (Fsp3) is 0.118. The van der Waals surface area contributed by atoms with Crippen LogP contribution in [0.1, 0.15) is 10.5 Å². The molecule has 6 nitrogen and oxygen atoms in total. The van der Waals surface area contributed by atoms with Crippen LogP contribution in [-0.2, 0) is 0 Å². The number of carbonyl (C=O) groups excluding carboxylic acids is 1. The molecule has 0 spiro atoms. The highest BCUT2D eigenvalue weighted by molar-refractivity contribution is 5.84. The molecule has 2 aromatic carbocycles. The summed E-state index contributed by atoms with van der Waals surface area (Å²) in [6.07, 6.45) is 0.688. The first-order valence-corrected chi connectivity index (χ1v) is 6.96. The van der Waals surface area contributed by atoms with Gasteiger partial charge in [0.05, 0.1) is 19.9 Å². The third-order valence-electron chi connectivity index (χ3n) is 3.43. The molecule has 0 unspecified atom stereocenters. The molecular formula is C17H15N3O3. The first-order valence-electron chi connectivity index (χ1n) is 6.96. The predicted octanol–water partition coefficient (Wildman–Crippen LogP) is 2.76. The molecule has 0 N–H and O–H groups in total. The van der Waals surface area contributed by atoms with Gasteiger partial charge in [-0.05, 0) is 24.3 Å². The summed E-state index contributed by atoms with van der Waals surface area (Å²) in [7, 11) is 3.15. The second-order valence-corrected chi connectivity index (χ2v) is 4.79. The molecular weight excluding hydrogens is 294 g/mol. The van der Waals surface area contributed by atoms with Crippen LogP contribution in [0, 0.1) is 0 Å². The van der Waals surface area contributed by atoms with Crippen molar-refractivity contribution >= 4 is 6.29 Å². The number of aldehydes is 1. The largest absolute Gasteiger partial charge is 0.497 e. The maximum atomic E-state index is 11.4. The number of nitrogens with zero attached hydrogens (tertiary/aromatic N) is 3. The highest BCUT2D eigenvalue weighted by atomic mass is 16.5. The lowest BCUT2D eigenvalue weighted by atomic mass is 10.1. The molecule has 0 fully saturated rings. The molecule has 0 saturated carbocycles. The number of carbonyl (C=O) groups is 1. The van der Waals surface area contributed by atoms with Gasteiger partial charge in [-0.3, -0.25) is 4.79 Å². The van der Waals surface area contributed by atoms with E-state index in [0.29, 0.717) is 23.5 Å². The zero-order valence-corrected chi connectivity index (χ0v) is 12.8. The quantitative estimate of drug-likeness (QED) is 0.678. The van der Waals surface area contributed by atoms with Crippen LogP contribution in [0.25, 0.3) is 16.9 Å². The Labute approximate surface area is 133 Å². The second-order valence-electron chi connectivity index (χ2n) is 4.79. The number of rotatable bonds is 5. The highest BCUT2D eigenvalue weighted by Crippen LogP contribution is 2.31. The Morgan fingerprint density at radius 3 is 2.22 bits per heavy atom. The zero-order chi connectivity index (χ0) is 16.2. The van der Waals surface area contributed by atoms with Gasteiger partial charge < -0.3 is 9.47 Å². The van der Waals surface area contributed by atoms with Crippen molar-refractivity contribution in [2.75, 3.05) is 14.2 Å². The summed E-state index contributed by atoms with van der Waals surface area (Å²) < 4.78 is 12.2. The SMILES string of the molecule is COc1cc(OC)cc(-c2c(C=O)nnn2-c2ccccc2)c1. The molecule has 0 aliphatic rings. The Morgan fingerprint density at radius 2 is 1.65 bits per heavy atom. The average molecular weight is 309 g/mol. The van der Waals surface area contributed by atoms with E-state index in [0.717, 1.165) is 11.3 Å². The van der Waals surface area contributed by atoms with Crippen molar-refractivity contribution in [3.8, 4) is 28.4 Å². The normalized spacial score (nSPS) is 10.3. The van der Waals surface area contributed by atoms with Crippen LogP contribution < -0.4 is 9.47 Å². The number of hydrogen-bond donors (Lipinski definition) is 0. The summed E-state index contributed by atoms with van der Waals surface area (Å²) in [5.41, 5.74) is 2.38. The van der Waals surface area contributed by atoms with Crippen molar-refractivity contribution in [3.63, 3.8) is 0 Å². The topological polar surface area (TPSA) is 66.2 Å². The lowest BCUT2D eigenvalue weighted by Crippen LogP contribution is -2.00. The second kappa shape index (κ2) is 6.31. The van der Waals surface area contributed by atoms with E-state index >= 15 is 0 Å². The monoisotopic (exact) mass is 309 g/mol. The smallest absolute Gasteiger partial charge is 0.172 e. The maximum absolute atomic E-state index is 11.4. The van der Waals surface area contributed by atoms with E-state index in [1.165, 1.54) is 0 Å². The number of ether oxygens (including phenoxy) is 2. The fourth-order valence-electron chi connectivity index (χ4n) is 2.34. The molecule has 3 rings (SSSR count). The molecule has 0 saturated heterocycles. The van der Waals surface area contributed by atoms with Gasteiger partial charge in [-0.25, -0.2) is 4.68 Å². The van der Waals surface area contributed by atoms with Crippen molar-refractivity contribution in [2.45, 2.75) is 0 Å². The number of hydrogen-bond acceptors (Lipinski definition) is 5. The summed E-state index contributed by atoms with van der Waals surface area (Å²) in [6.45, 7) is 0. The Morgan fingerprint density at radius 1 is 1.00 bits per heavy atom. The molecule has 0 aliphatic carbocycles. The average Bonchev–Trinajstić information content (AvgIpc) is 3.06. The fourth-order valence-corrected chi connectivity index (χ4v) is 2.34. The van der Waals surface area contributed by atoms with Crippen LogP contribution in [0.3, 0.4) is 0 Å². The minimum atomic E-state index is 0.254. The molecule has 1 aromatic heterocycles. The van der Waals surface area contributed by atoms with E-state index in [1.807, 2.05) is 42.5 Å². The van der Waals surface area contributed by atoms with Crippen LogP contribution in [0.2, 0.25) is 0 Å². The van der Waals surface area contributed by atoms with Gasteiger partial charge in [-0.2, -0.15) is 0 Å². The standard InChI is InChI=1S/C17H15N3O3/c1-22-14-8-12(9-15(10-14)23-2)17-16(11-21)18-19-20(17)13-6-4-3-5-7-13/h3-11H,1-2H3. The molecule has 0 radical (unpaired) electrons. The van der Waals surface area contributed by atoms with Gasteiger partial charge >= 0.3 is 0 Å². The van der Waals surface area contributed by atoms with E-state index in [-0.39, 0.29) is 5.69 Å². The molecule has 6 heteroatoms. The zero-order valence-electron chi connectivity index (χ0n) is 12.8. The summed E-state index contributed by atoms with van der Waals surface area (Å²) in [4.78, 5) is 11.4. The molecule has 1 heterocycles.